The maximum Gasteiger partial charge on any atom is 0.214 e. The topological polar surface area (TPSA) is 23.6 Å². The zero-order valence-corrected chi connectivity index (χ0v) is 9.89. The second-order valence-corrected chi connectivity index (χ2v) is 4.60. The lowest BCUT2D eigenvalue weighted by atomic mass is 9.96. The fourth-order valence-corrected chi connectivity index (χ4v) is 2.38. The number of aryl methyl sites for hydroxylation is 1. The van der Waals surface area contributed by atoms with Gasteiger partial charge in [0.15, 0.2) is 0 Å². The molecule has 0 fully saturated rings. The lowest BCUT2D eigenvalue weighted by Crippen LogP contribution is -2.44. The quantitative estimate of drug-likeness (QED) is 0.718. The van der Waals surface area contributed by atoms with E-state index in [1.54, 1.807) is 0 Å². The van der Waals surface area contributed by atoms with Crippen LogP contribution >= 0.6 is 0 Å². The van der Waals surface area contributed by atoms with Crippen molar-refractivity contribution in [2.45, 2.75) is 18.9 Å². The summed E-state index contributed by atoms with van der Waals surface area (Å²) in [5.41, 5.74) is 2.36. The minimum atomic E-state index is 0.308. The van der Waals surface area contributed by atoms with E-state index in [9.17, 15) is 4.79 Å². The van der Waals surface area contributed by atoms with Gasteiger partial charge in [-0.25, -0.2) is 0 Å². The third-order valence-corrected chi connectivity index (χ3v) is 3.10. The molecule has 1 heterocycles. The van der Waals surface area contributed by atoms with Crippen molar-refractivity contribution < 1.29 is 4.79 Å². The minimum absolute atomic E-state index is 0.308. The molecule has 0 saturated carbocycles. The molecule has 0 saturated heterocycles. The number of rotatable bonds is 3. The number of anilines is 1. The zero-order chi connectivity index (χ0) is 11.5. The van der Waals surface area contributed by atoms with Gasteiger partial charge < -0.3 is 9.80 Å². The molecule has 0 N–H and O–H groups in total. The van der Waals surface area contributed by atoms with Crippen LogP contribution in [0.25, 0.3) is 0 Å². The number of nitrogens with zero attached hydrogens (tertiary/aromatic N) is 2. The van der Waals surface area contributed by atoms with Gasteiger partial charge in [-0.15, -0.1) is 0 Å². The summed E-state index contributed by atoms with van der Waals surface area (Å²) < 4.78 is 0. The monoisotopic (exact) mass is 218 g/mol. The van der Waals surface area contributed by atoms with Crippen LogP contribution in [0.15, 0.2) is 24.3 Å². The van der Waals surface area contributed by atoms with Gasteiger partial charge in [0, 0.05) is 18.3 Å². The second-order valence-electron chi connectivity index (χ2n) is 4.60. The fourth-order valence-electron chi connectivity index (χ4n) is 2.38. The number of fused-ring (bicyclic) bond motifs is 1. The molecule has 3 heteroatoms. The van der Waals surface area contributed by atoms with Crippen molar-refractivity contribution in [1.82, 2.24) is 4.90 Å². The third-order valence-electron chi connectivity index (χ3n) is 3.10. The van der Waals surface area contributed by atoms with Crippen LogP contribution in [0.4, 0.5) is 5.69 Å². The third kappa shape index (κ3) is 2.09. The summed E-state index contributed by atoms with van der Waals surface area (Å²) in [5, 5.41) is 0. The highest BCUT2D eigenvalue weighted by molar-refractivity contribution is 5.79. The highest BCUT2D eigenvalue weighted by Crippen LogP contribution is 2.29. The Morgan fingerprint density at radius 3 is 2.88 bits per heavy atom. The standard InChI is InChI=1S/C13H18N2O/c1-14(2)9-12-8-7-11-5-3-4-6-13(11)15(12)10-16/h3-6,10,12H,7-9H2,1-2H3/t12-/m1/s1. The van der Waals surface area contributed by atoms with E-state index in [1.807, 2.05) is 37.2 Å². The predicted octanol–water partition coefficient (Wildman–Crippen LogP) is 1.53. The van der Waals surface area contributed by atoms with Crippen molar-refractivity contribution in [2.75, 3.05) is 25.5 Å². The molecule has 1 aliphatic heterocycles. The van der Waals surface area contributed by atoms with Crippen molar-refractivity contribution in [3.05, 3.63) is 29.8 Å². The van der Waals surface area contributed by atoms with Gasteiger partial charge in [-0.05, 0) is 38.6 Å². The van der Waals surface area contributed by atoms with Crippen LogP contribution in [-0.2, 0) is 11.2 Å². The molecule has 1 aliphatic rings. The molecule has 1 aromatic carbocycles. The van der Waals surface area contributed by atoms with Crippen molar-refractivity contribution in [3.8, 4) is 0 Å². The van der Waals surface area contributed by atoms with Crippen LogP contribution < -0.4 is 4.90 Å². The molecular weight excluding hydrogens is 200 g/mol. The molecule has 3 nitrogen and oxygen atoms in total. The first kappa shape index (κ1) is 11.1. The summed E-state index contributed by atoms with van der Waals surface area (Å²) in [4.78, 5) is 15.2. The van der Waals surface area contributed by atoms with Gasteiger partial charge in [0.25, 0.3) is 0 Å². The first-order valence-electron chi connectivity index (χ1n) is 5.68. The number of carbonyl (C=O) groups is 1. The van der Waals surface area contributed by atoms with Gasteiger partial charge >= 0.3 is 0 Å². The molecule has 86 valence electrons. The first-order chi connectivity index (χ1) is 7.72. The first-order valence-corrected chi connectivity index (χ1v) is 5.68. The molecule has 1 atom stereocenters. The maximum atomic E-state index is 11.2. The summed E-state index contributed by atoms with van der Waals surface area (Å²) in [5.74, 6) is 0. The maximum absolute atomic E-state index is 11.2. The fraction of sp³-hybridized carbons (Fsp3) is 0.462. The second kappa shape index (κ2) is 4.66. The Morgan fingerprint density at radius 1 is 1.44 bits per heavy atom. The van der Waals surface area contributed by atoms with Crippen molar-refractivity contribution in [2.24, 2.45) is 0 Å². The lowest BCUT2D eigenvalue weighted by molar-refractivity contribution is -0.108. The van der Waals surface area contributed by atoms with Crippen LogP contribution in [-0.4, -0.2) is 38.0 Å². The predicted molar refractivity (Wildman–Crippen MR) is 65.6 cm³/mol. The molecular formula is C13H18N2O. The van der Waals surface area contributed by atoms with Gasteiger partial charge in [-0.1, -0.05) is 18.2 Å². The Morgan fingerprint density at radius 2 is 2.19 bits per heavy atom. The Labute approximate surface area is 96.7 Å². The summed E-state index contributed by atoms with van der Waals surface area (Å²) in [7, 11) is 4.09. The number of para-hydroxylation sites is 1. The van der Waals surface area contributed by atoms with E-state index >= 15 is 0 Å². The molecule has 2 rings (SSSR count). The molecule has 0 radical (unpaired) electrons. The van der Waals surface area contributed by atoms with E-state index < -0.39 is 0 Å². The molecule has 0 bridgehead atoms. The number of hydrogen-bond donors (Lipinski definition) is 0. The van der Waals surface area contributed by atoms with Gasteiger partial charge in [0.05, 0.1) is 0 Å². The Bertz CT molecular complexity index is 376. The van der Waals surface area contributed by atoms with Crippen LogP contribution in [0, 0.1) is 0 Å². The van der Waals surface area contributed by atoms with Gasteiger partial charge in [-0.2, -0.15) is 0 Å². The Kier molecular flexibility index (Phi) is 3.25. The average Bonchev–Trinajstić information content (AvgIpc) is 2.28. The summed E-state index contributed by atoms with van der Waals surface area (Å²) in [6, 6.07) is 8.48. The minimum Gasteiger partial charge on any atom is -0.310 e. The van der Waals surface area contributed by atoms with Gasteiger partial charge in [0.1, 0.15) is 0 Å². The number of benzene rings is 1. The SMILES string of the molecule is CN(C)C[C@H]1CCc2ccccc2N1C=O. The molecule has 1 amide bonds. The van der Waals surface area contributed by atoms with Crippen LogP contribution in [0.3, 0.4) is 0 Å². The molecule has 16 heavy (non-hydrogen) atoms. The summed E-state index contributed by atoms with van der Waals surface area (Å²) in [6.07, 6.45) is 3.08. The van der Waals surface area contributed by atoms with E-state index in [1.165, 1.54) is 5.56 Å². The highest BCUT2D eigenvalue weighted by Gasteiger charge is 2.25. The molecule has 1 aromatic rings. The Balaban J connectivity index is 2.26. The molecule has 0 aliphatic carbocycles. The lowest BCUT2D eigenvalue weighted by Gasteiger charge is -2.35. The van der Waals surface area contributed by atoms with E-state index in [4.69, 9.17) is 0 Å². The number of likely N-dealkylation sites (N-methyl/N-ethyl adjacent to an activating group) is 1. The summed E-state index contributed by atoms with van der Waals surface area (Å²) in [6.45, 7) is 0.924. The van der Waals surface area contributed by atoms with Crippen LogP contribution in [0.5, 0.6) is 0 Å². The van der Waals surface area contributed by atoms with Crippen molar-refractivity contribution >= 4 is 12.1 Å². The van der Waals surface area contributed by atoms with Gasteiger partial charge in [-0.3, -0.25) is 4.79 Å². The largest absolute Gasteiger partial charge is 0.310 e. The van der Waals surface area contributed by atoms with Crippen molar-refractivity contribution in [3.63, 3.8) is 0 Å². The Hall–Kier alpha value is -1.35. The number of carbonyl (C=O) groups excluding carboxylic acids is 1. The summed E-state index contributed by atoms with van der Waals surface area (Å²) >= 11 is 0. The number of hydrogen-bond acceptors (Lipinski definition) is 2. The molecule has 0 aromatic heterocycles. The van der Waals surface area contributed by atoms with Gasteiger partial charge in [0.2, 0.25) is 6.41 Å². The average molecular weight is 218 g/mol. The number of amides is 1. The van der Waals surface area contributed by atoms with Crippen LogP contribution in [0.1, 0.15) is 12.0 Å². The highest BCUT2D eigenvalue weighted by atomic mass is 16.1. The van der Waals surface area contributed by atoms with Crippen molar-refractivity contribution in [1.29, 1.82) is 0 Å². The van der Waals surface area contributed by atoms with E-state index in [0.29, 0.717) is 6.04 Å². The van der Waals surface area contributed by atoms with E-state index in [0.717, 1.165) is 31.5 Å². The normalized spacial score (nSPS) is 19.7. The molecule has 0 unspecified atom stereocenters. The zero-order valence-electron chi connectivity index (χ0n) is 9.89. The van der Waals surface area contributed by atoms with Crippen LogP contribution in [0.2, 0.25) is 0 Å². The smallest absolute Gasteiger partial charge is 0.214 e. The van der Waals surface area contributed by atoms with E-state index in [-0.39, 0.29) is 0 Å². The van der Waals surface area contributed by atoms with E-state index in [2.05, 4.69) is 11.0 Å². The molecule has 0 spiro atoms.